The molecule has 0 bridgehead atoms. The molecule has 0 saturated carbocycles. The van der Waals surface area contributed by atoms with Crippen molar-refractivity contribution >= 4 is 17.3 Å². The van der Waals surface area contributed by atoms with E-state index in [4.69, 9.17) is 11.6 Å². The van der Waals surface area contributed by atoms with Crippen LogP contribution in [-0.4, -0.2) is 6.54 Å². The van der Waals surface area contributed by atoms with Crippen LogP contribution < -0.4 is 5.32 Å². The third kappa shape index (κ3) is 3.54. The van der Waals surface area contributed by atoms with Crippen LogP contribution in [0.1, 0.15) is 20.8 Å². The molecule has 0 atom stereocenters. The normalized spacial score (nSPS) is 11.5. The molecule has 78 valence electrons. The average molecular weight is 216 g/mol. The fraction of sp³-hybridized carbons (Fsp3) is 0.455. The summed E-state index contributed by atoms with van der Waals surface area (Å²) in [6.45, 7) is 7.22. The predicted octanol–water partition coefficient (Wildman–Crippen LogP) is 3.94. The second-order valence-electron chi connectivity index (χ2n) is 4.54. The molecule has 0 amide bonds. The van der Waals surface area contributed by atoms with Gasteiger partial charge in [0.1, 0.15) is 5.82 Å². The summed E-state index contributed by atoms with van der Waals surface area (Å²) in [4.78, 5) is 0. The maximum atomic E-state index is 12.8. The van der Waals surface area contributed by atoms with E-state index < -0.39 is 0 Å². The lowest BCUT2D eigenvalue weighted by Crippen LogP contribution is -2.18. The van der Waals surface area contributed by atoms with Gasteiger partial charge in [0.2, 0.25) is 0 Å². The largest absolute Gasteiger partial charge is 0.384 e. The van der Waals surface area contributed by atoms with Crippen molar-refractivity contribution in [3.05, 3.63) is 29.0 Å². The van der Waals surface area contributed by atoms with Gasteiger partial charge in [-0.15, -0.1) is 0 Å². The molecule has 0 unspecified atom stereocenters. The lowest BCUT2D eigenvalue weighted by molar-refractivity contribution is 0.443. The average Bonchev–Trinajstić information content (AvgIpc) is 2.06. The molecule has 0 spiro atoms. The van der Waals surface area contributed by atoms with Crippen LogP contribution in [0.15, 0.2) is 18.2 Å². The molecule has 0 radical (unpaired) electrons. The van der Waals surface area contributed by atoms with Gasteiger partial charge in [-0.2, -0.15) is 0 Å². The minimum absolute atomic E-state index is 0.156. The molecule has 1 nitrogen and oxygen atoms in total. The fourth-order valence-electron chi connectivity index (χ4n) is 0.973. The number of nitrogens with one attached hydrogen (secondary N) is 1. The highest BCUT2D eigenvalue weighted by atomic mass is 35.5. The first kappa shape index (κ1) is 11.3. The Bertz CT molecular complexity index is 318. The number of hydrogen-bond acceptors (Lipinski definition) is 1. The van der Waals surface area contributed by atoms with Crippen molar-refractivity contribution in [2.24, 2.45) is 5.41 Å². The maximum Gasteiger partial charge on any atom is 0.141 e. The number of benzene rings is 1. The van der Waals surface area contributed by atoms with Gasteiger partial charge in [-0.3, -0.25) is 0 Å². The summed E-state index contributed by atoms with van der Waals surface area (Å²) in [6.07, 6.45) is 0. The van der Waals surface area contributed by atoms with Gasteiger partial charge in [0, 0.05) is 12.2 Å². The van der Waals surface area contributed by atoms with E-state index in [2.05, 4.69) is 26.1 Å². The van der Waals surface area contributed by atoms with Gasteiger partial charge >= 0.3 is 0 Å². The molecule has 1 aromatic carbocycles. The Morgan fingerprint density at radius 3 is 2.50 bits per heavy atom. The van der Waals surface area contributed by atoms with Gasteiger partial charge in [0.15, 0.2) is 0 Å². The number of halogens is 2. The molecule has 1 rings (SSSR count). The van der Waals surface area contributed by atoms with E-state index in [-0.39, 0.29) is 16.3 Å². The van der Waals surface area contributed by atoms with Crippen molar-refractivity contribution in [1.82, 2.24) is 0 Å². The Hall–Kier alpha value is -0.760. The van der Waals surface area contributed by atoms with Crippen LogP contribution in [0.25, 0.3) is 0 Å². The van der Waals surface area contributed by atoms with Gasteiger partial charge in [0.25, 0.3) is 0 Å². The molecule has 0 aromatic heterocycles. The summed E-state index contributed by atoms with van der Waals surface area (Å²) >= 11 is 5.65. The van der Waals surface area contributed by atoms with Gasteiger partial charge in [-0.05, 0) is 23.6 Å². The molecule has 0 fully saturated rings. The second-order valence-corrected chi connectivity index (χ2v) is 4.95. The Morgan fingerprint density at radius 2 is 2.00 bits per heavy atom. The molecule has 3 heteroatoms. The van der Waals surface area contributed by atoms with E-state index in [1.165, 1.54) is 6.07 Å². The Labute approximate surface area is 89.3 Å². The van der Waals surface area contributed by atoms with Crippen LogP contribution in [0, 0.1) is 11.2 Å². The van der Waals surface area contributed by atoms with Crippen molar-refractivity contribution in [1.29, 1.82) is 0 Å². The zero-order valence-electron chi connectivity index (χ0n) is 8.70. The molecule has 0 aliphatic heterocycles. The van der Waals surface area contributed by atoms with E-state index in [1.807, 2.05) is 0 Å². The maximum absolute atomic E-state index is 12.8. The molecule has 0 heterocycles. The van der Waals surface area contributed by atoms with Crippen molar-refractivity contribution in [3.8, 4) is 0 Å². The highest BCUT2D eigenvalue weighted by molar-refractivity contribution is 6.31. The minimum atomic E-state index is -0.382. The minimum Gasteiger partial charge on any atom is -0.384 e. The van der Waals surface area contributed by atoms with Gasteiger partial charge < -0.3 is 5.32 Å². The standard InChI is InChI=1S/C11H15ClFN/c1-11(2,3)7-14-8-4-5-10(13)9(12)6-8/h4-6,14H,7H2,1-3H3. The van der Waals surface area contributed by atoms with Crippen LogP contribution in [0.3, 0.4) is 0 Å². The molecule has 14 heavy (non-hydrogen) atoms. The van der Waals surface area contributed by atoms with E-state index in [1.54, 1.807) is 12.1 Å². The summed E-state index contributed by atoms with van der Waals surface area (Å²) < 4.78 is 12.8. The molecular weight excluding hydrogens is 201 g/mol. The summed E-state index contributed by atoms with van der Waals surface area (Å²) in [6, 6.07) is 4.66. The molecular formula is C11H15ClFN. The second kappa shape index (κ2) is 4.18. The van der Waals surface area contributed by atoms with Crippen molar-refractivity contribution in [2.45, 2.75) is 20.8 Å². The highest BCUT2D eigenvalue weighted by Crippen LogP contribution is 2.21. The first-order chi connectivity index (χ1) is 6.38. The molecule has 1 aromatic rings. The Morgan fingerprint density at radius 1 is 1.36 bits per heavy atom. The van der Waals surface area contributed by atoms with Gasteiger partial charge in [-0.25, -0.2) is 4.39 Å². The van der Waals surface area contributed by atoms with Crippen LogP contribution in [-0.2, 0) is 0 Å². The summed E-state index contributed by atoms with van der Waals surface area (Å²) in [5.41, 5.74) is 1.05. The van der Waals surface area contributed by atoms with Gasteiger partial charge in [-0.1, -0.05) is 32.4 Å². The summed E-state index contributed by atoms with van der Waals surface area (Å²) in [5.74, 6) is -0.382. The predicted molar refractivity (Wildman–Crippen MR) is 59.4 cm³/mol. The van der Waals surface area contributed by atoms with Crippen LogP contribution in [0.2, 0.25) is 5.02 Å². The first-order valence-electron chi connectivity index (χ1n) is 4.57. The zero-order chi connectivity index (χ0) is 10.8. The zero-order valence-corrected chi connectivity index (χ0v) is 9.45. The van der Waals surface area contributed by atoms with Crippen molar-refractivity contribution in [2.75, 3.05) is 11.9 Å². The van der Waals surface area contributed by atoms with E-state index in [9.17, 15) is 4.39 Å². The number of hydrogen-bond donors (Lipinski definition) is 1. The number of anilines is 1. The van der Waals surface area contributed by atoms with Crippen LogP contribution >= 0.6 is 11.6 Å². The van der Waals surface area contributed by atoms with E-state index in [0.29, 0.717) is 0 Å². The molecule has 0 saturated heterocycles. The van der Waals surface area contributed by atoms with Crippen LogP contribution in [0.5, 0.6) is 0 Å². The van der Waals surface area contributed by atoms with Gasteiger partial charge in [0.05, 0.1) is 5.02 Å². The SMILES string of the molecule is CC(C)(C)CNc1ccc(F)c(Cl)c1. The van der Waals surface area contributed by atoms with E-state index in [0.717, 1.165) is 12.2 Å². The van der Waals surface area contributed by atoms with E-state index >= 15 is 0 Å². The Balaban J connectivity index is 2.65. The fourth-order valence-corrected chi connectivity index (χ4v) is 1.15. The topological polar surface area (TPSA) is 12.0 Å². The number of rotatable bonds is 2. The lowest BCUT2D eigenvalue weighted by atomic mass is 9.97. The highest BCUT2D eigenvalue weighted by Gasteiger charge is 2.09. The molecule has 0 aliphatic carbocycles. The van der Waals surface area contributed by atoms with Crippen LogP contribution in [0.4, 0.5) is 10.1 Å². The monoisotopic (exact) mass is 215 g/mol. The van der Waals surface area contributed by atoms with Crippen molar-refractivity contribution in [3.63, 3.8) is 0 Å². The quantitative estimate of drug-likeness (QED) is 0.788. The lowest BCUT2D eigenvalue weighted by Gasteiger charge is -2.19. The molecule has 0 aliphatic rings. The first-order valence-corrected chi connectivity index (χ1v) is 4.95. The summed E-state index contributed by atoms with van der Waals surface area (Å²) in [5, 5.41) is 3.36. The molecule has 1 N–H and O–H groups in total. The smallest absolute Gasteiger partial charge is 0.141 e. The third-order valence-electron chi connectivity index (χ3n) is 1.74. The summed E-state index contributed by atoms with van der Waals surface area (Å²) in [7, 11) is 0. The third-order valence-corrected chi connectivity index (χ3v) is 2.03. The Kier molecular flexibility index (Phi) is 3.38. The van der Waals surface area contributed by atoms with Crippen molar-refractivity contribution < 1.29 is 4.39 Å².